The Bertz CT molecular complexity index is 531. The monoisotopic (exact) mass is 278 g/mol. The van der Waals surface area contributed by atoms with E-state index in [1.54, 1.807) is 18.2 Å². The molecule has 2 N–H and O–H groups in total. The number of nitriles is 1. The Labute approximate surface area is 117 Å². The van der Waals surface area contributed by atoms with E-state index >= 15 is 0 Å². The summed E-state index contributed by atoms with van der Waals surface area (Å²) in [5, 5.41) is 21.6. The summed E-state index contributed by atoms with van der Waals surface area (Å²) in [5.41, 5.74) is 0.780. The van der Waals surface area contributed by atoms with Crippen LogP contribution >= 0.6 is 11.6 Å². The van der Waals surface area contributed by atoms with Crippen LogP contribution in [-0.2, 0) is 4.79 Å². The lowest BCUT2D eigenvalue weighted by Crippen LogP contribution is -2.37. The lowest BCUT2D eigenvalue weighted by atomic mass is 9.92. The molecule has 0 unspecified atom stereocenters. The minimum atomic E-state index is -0.806. The fourth-order valence-electron chi connectivity index (χ4n) is 2.66. The zero-order valence-electron chi connectivity index (χ0n) is 10.4. The highest BCUT2D eigenvalue weighted by Gasteiger charge is 2.36. The van der Waals surface area contributed by atoms with Gasteiger partial charge >= 0.3 is 5.97 Å². The second-order valence-corrected chi connectivity index (χ2v) is 5.40. The predicted octanol–water partition coefficient (Wildman–Crippen LogP) is 3.41. The van der Waals surface area contributed by atoms with E-state index in [9.17, 15) is 4.79 Å². The number of carboxylic acids is 1. The largest absolute Gasteiger partial charge is 0.481 e. The summed E-state index contributed by atoms with van der Waals surface area (Å²) in [7, 11) is 0. The topological polar surface area (TPSA) is 73.1 Å². The van der Waals surface area contributed by atoms with E-state index in [1.165, 1.54) is 0 Å². The van der Waals surface area contributed by atoms with E-state index < -0.39 is 11.5 Å². The van der Waals surface area contributed by atoms with Crippen LogP contribution < -0.4 is 5.32 Å². The fourth-order valence-corrected chi connectivity index (χ4v) is 2.89. The van der Waals surface area contributed by atoms with Crippen LogP contribution in [0.2, 0.25) is 5.02 Å². The van der Waals surface area contributed by atoms with E-state index in [-0.39, 0.29) is 6.42 Å². The standard InChI is InChI=1S/C14H15ClN2O2/c15-11-7-10(9-16)3-4-12(11)17-14(8-13(18)19)5-1-2-6-14/h3-4,7,17H,1-2,5-6,8H2,(H,18,19). The van der Waals surface area contributed by atoms with Crippen LogP contribution in [0.4, 0.5) is 5.69 Å². The van der Waals surface area contributed by atoms with Gasteiger partial charge in [-0.3, -0.25) is 4.79 Å². The van der Waals surface area contributed by atoms with Crippen molar-refractivity contribution in [3.63, 3.8) is 0 Å². The Hall–Kier alpha value is -1.73. The molecule has 0 bridgehead atoms. The van der Waals surface area contributed by atoms with Crippen LogP contribution in [-0.4, -0.2) is 16.6 Å². The Balaban J connectivity index is 2.22. The lowest BCUT2D eigenvalue weighted by Gasteiger charge is -2.30. The minimum absolute atomic E-state index is 0.0866. The molecule has 0 atom stereocenters. The third-order valence-corrected chi connectivity index (χ3v) is 3.86. The van der Waals surface area contributed by atoms with Gasteiger partial charge in [-0.15, -0.1) is 0 Å². The Kier molecular flexibility index (Phi) is 3.96. The third kappa shape index (κ3) is 3.18. The van der Waals surface area contributed by atoms with Crippen molar-refractivity contribution in [2.24, 2.45) is 0 Å². The van der Waals surface area contributed by atoms with Gasteiger partial charge in [0.05, 0.1) is 28.8 Å². The van der Waals surface area contributed by atoms with Crippen LogP contribution in [0.15, 0.2) is 18.2 Å². The van der Waals surface area contributed by atoms with E-state index in [1.807, 2.05) is 6.07 Å². The molecule has 1 aliphatic carbocycles. The Morgan fingerprint density at radius 3 is 2.68 bits per heavy atom. The van der Waals surface area contributed by atoms with Gasteiger partial charge in [0.2, 0.25) is 0 Å². The van der Waals surface area contributed by atoms with E-state index in [4.69, 9.17) is 22.0 Å². The molecule has 0 aromatic heterocycles. The molecule has 1 saturated carbocycles. The number of benzene rings is 1. The number of carboxylic acid groups (broad SMARTS) is 1. The minimum Gasteiger partial charge on any atom is -0.481 e. The van der Waals surface area contributed by atoms with Gasteiger partial charge in [0.15, 0.2) is 0 Å². The van der Waals surface area contributed by atoms with Crippen molar-refractivity contribution in [2.45, 2.75) is 37.6 Å². The van der Waals surface area contributed by atoms with Crippen molar-refractivity contribution in [3.05, 3.63) is 28.8 Å². The molecule has 4 nitrogen and oxygen atoms in total. The maximum Gasteiger partial charge on any atom is 0.305 e. The van der Waals surface area contributed by atoms with E-state index in [0.717, 1.165) is 25.7 Å². The van der Waals surface area contributed by atoms with Crippen molar-refractivity contribution in [1.82, 2.24) is 0 Å². The second-order valence-electron chi connectivity index (χ2n) is 4.99. The Morgan fingerprint density at radius 2 is 2.16 bits per heavy atom. The number of hydrogen-bond acceptors (Lipinski definition) is 3. The molecule has 0 heterocycles. The highest BCUT2D eigenvalue weighted by molar-refractivity contribution is 6.33. The lowest BCUT2D eigenvalue weighted by molar-refractivity contribution is -0.138. The van der Waals surface area contributed by atoms with Crippen LogP contribution in [0.1, 0.15) is 37.7 Å². The number of nitrogens with one attached hydrogen (secondary N) is 1. The number of nitrogens with zero attached hydrogens (tertiary/aromatic N) is 1. The summed E-state index contributed by atoms with van der Waals surface area (Å²) in [6.07, 6.45) is 3.79. The van der Waals surface area contributed by atoms with Gasteiger partial charge < -0.3 is 10.4 Å². The van der Waals surface area contributed by atoms with E-state index in [2.05, 4.69) is 5.32 Å². The van der Waals surface area contributed by atoms with Gasteiger partial charge in [-0.25, -0.2) is 0 Å². The van der Waals surface area contributed by atoms with Gasteiger partial charge in [-0.1, -0.05) is 24.4 Å². The van der Waals surface area contributed by atoms with Crippen LogP contribution in [0.25, 0.3) is 0 Å². The summed E-state index contributed by atoms with van der Waals surface area (Å²) in [4.78, 5) is 11.0. The van der Waals surface area contributed by atoms with Crippen molar-refractivity contribution >= 4 is 23.3 Å². The number of hydrogen-bond donors (Lipinski definition) is 2. The zero-order chi connectivity index (χ0) is 13.9. The van der Waals surface area contributed by atoms with Crippen molar-refractivity contribution in [3.8, 4) is 6.07 Å². The molecule has 0 saturated heterocycles. The molecule has 0 spiro atoms. The molecule has 19 heavy (non-hydrogen) atoms. The average Bonchev–Trinajstić information content (AvgIpc) is 2.79. The summed E-state index contributed by atoms with van der Waals surface area (Å²) in [6.45, 7) is 0. The first kappa shape index (κ1) is 13.7. The molecule has 1 fully saturated rings. The molecule has 1 aliphatic rings. The van der Waals surface area contributed by atoms with Crippen molar-refractivity contribution in [1.29, 1.82) is 5.26 Å². The highest BCUT2D eigenvalue weighted by Crippen LogP contribution is 2.37. The maximum absolute atomic E-state index is 11.0. The number of anilines is 1. The molecule has 1 aromatic carbocycles. The fraction of sp³-hybridized carbons (Fsp3) is 0.429. The third-order valence-electron chi connectivity index (χ3n) is 3.55. The summed E-state index contributed by atoms with van der Waals surface area (Å²) < 4.78 is 0. The molecule has 0 radical (unpaired) electrons. The molecule has 5 heteroatoms. The van der Waals surface area contributed by atoms with Crippen molar-refractivity contribution < 1.29 is 9.90 Å². The van der Waals surface area contributed by atoms with Crippen molar-refractivity contribution in [2.75, 3.05) is 5.32 Å². The van der Waals surface area contributed by atoms with Gasteiger partial charge in [-0.2, -0.15) is 5.26 Å². The number of carbonyl (C=O) groups is 1. The number of aliphatic carboxylic acids is 1. The van der Waals surface area contributed by atoms with Crippen LogP contribution in [0.3, 0.4) is 0 Å². The van der Waals surface area contributed by atoms with Crippen LogP contribution in [0, 0.1) is 11.3 Å². The molecule has 0 amide bonds. The first-order chi connectivity index (χ1) is 9.04. The normalized spacial score (nSPS) is 16.8. The predicted molar refractivity (Wildman–Crippen MR) is 73.2 cm³/mol. The second kappa shape index (κ2) is 5.50. The van der Waals surface area contributed by atoms with Gasteiger partial charge in [-0.05, 0) is 31.0 Å². The molecule has 2 rings (SSSR count). The molecular formula is C14H15ClN2O2. The first-order valence-corrected chi connectivity index (χ1v) is 6.62. The summed E-state index contributed by atoms with van der Waals surface area (Å²) in [5.74, 6) is -0.806. The molecular weight excluding hydrogens is 264 g/mol. The highest BCUT2D eigenvalue weighted by atomic mass is 35.5. The number of rotatable bonds is 4. The SMILES string of the molecule is N#Cc1ccc(NC2(CC(=O)O)CCCC2)c(Cl)c1. The first-order valence-electron chi connectivity index (χ1n) is 6.24. The summed E-state index contributed by atoms with van der Waals surface area (Å²) in [6, 6.07) is 7.03. The number of halogens is 1. The summed E-state index contributed by atoms with van der Waals surface area (Å²) >= 11 is 6.12. The quantitative estimate of drug-likeness (QED) is 0.885. The molecule has 100 valence electrons. The van der Waals surface area contributed by atoms with Gasteiger partial charge in [0, 0.05) is 5.54 Å². The van der Waals surface area contributed by atoms with E-state index in [0.29, 0.717) is 16.3 Å². The van der Waals surface area contributed by atoms with Gasteiger partial charge in [0.1, 0.15) is 0 Å². The Morgan fingerprint density at radius 1 is 1.47 bits per heavy atom. The van der Waals surface area contributed by atoms with Gasteiger partial charge in [0.25, 0.3) is 0 Å². The zero-order valence-corrected chi connectivity index (χ0v) is 11.2. The average molecular weight is 279 g/mol. The molecule has 1 aromatic rings. The smallest absolute Gasteiger partial charge is 0.305 e. The molecule has 0 aliphatic heterocycles. The van der Waals surface area contributed by atoms with Crippen LogP contribution in [0.5, 0.6) is 0 Å². The maximum atomic E-state index is 11.0.